The molecule has 0 spiro atoms. The lowest BCUT2D eigenvalue weighted by Gasteiger charge is -2.11. The second kappa shape index (κ2) is 11.5. The highest BCUT2D eigenvalue weighted by molar-refractivity contribution is 6.02. The van der Waals surface area contributed by atoms with Gasteiger partial charge in [0.1, 0.15) is 18.5 Å². The number of alkyl halides is 1. The van der Waals surface area contributed by atoms with E-state index in [0.717, 1.165) is 5.56 Å². The zero-order valence-corrected chi connectivity index (χ0v) is 17.2. The third-order valence-electron chi connectivity index (χ3n) is 4.39. The molecule has 2 aromatic rings. The molecule has 0 saturated carbocycles. The largest absolute Gasteiger partial charge is 0.486 e. The second-order valence-corrected chi connectivity index (χ2v) is 6.56. The van der Waals surface area contributed by atoms with Crippen LogP contribution in [0.15, 0.2) is 49.3 Å². The summed E-state index contributed by atoms with van der Waals surface area (Å²) in [5.41, 5.74) is 2.26. The van der Waals surface area contributed by atoms with Crippen molar-refractivity contribution in [2.75, 3.05) is 20.3 Å². The van der Waals surface area contributed by atoms with Gasteiger partial charge in [0.25, 0.3) is 11.8 Å². The van der Waals surface area contributed by atoms with E-state index >= 15 is 0 Å². The van der Waals surface area contributed by atoms with E-state index in [1.54, 1.807) is 24.5 Å². The van der Waals surface area contributed by atoms with Crippen LogP contribution < -0.4 is 15.4 Å². The van der Waals surface area contributed by atoms with Crippen molar-refractivity contribution in [2.24, 2.45) is 0 Å². The average Bonchev–Trinajstić information content (AvgIpc) is 3.42. The Labute approximate surface area is 175 Å². The van der Waals surface area contributed by atoms with Crippen molar-refractivity contribution in [1.82, 2.24) is 20.8 Å². The van der Waals surface area contributed by atoms with Crippen LogP contribution >= 0.6 is 0 Å². The maximum atomic E-state index is 12.9. The highest BCUT2D eigenvalue weighted by atomic mass is 19.1. The molecule has 7 nitrogen and oxygen atoms in total. The number of hydrogen-bond acceptors (Lipinski definition) is 4. The molecule has 1 aliphatic rings. The topological polar surface area (TPSA) is 96.1 Å². The van der Waals surface area contributed by atoms with E-state index in [9.17, 15) is 14.0 Å². The Hall–Kier alpha value is -3.42. The van der Waals surface area contributed by atoms with Gasteiger partial charge in [0.15, 0.2) is 0 Å². The summed E-state index contributed by atoms with van der Waals surface area (Å²) in [5, 5.41) is 11.9. The van der Waals surface area contributed by atoms with Gasteiger partial charge in [-0.15, -0.1) is 0 Å². The minimum absolute atomic E-state index is 0.246. The lowest BCUT2D eigenvalue weighted by molar-refractivity contribution is 0.0954. The molecule has 1 aromatic heterocycles. The molecule has 160 valence electrons. The van der Waals surface area contributed by atoms with Gasteiger partial charge in [-0.05, 0) is 36.6 Å². The van der Waals surface area contributed by atoms with Gasteiger partial charge in [-0.3, -0.25) is 14.7 Å². The zero-order valence-electron chi connectivity index (χ0n) is 17.2. The number of aromatic amines is 1. The second-order valence-electron chi connectivity index (χ2n) is 6.56. The number of carbonyl (C=O) groups excluding carboxylic acids is 2. The Morgan fingerprint density at radius 1 is 1.40 bits per heavy atom. The molecule has 2 heterocycles. The standard InChI is InChI=1S/C17H19FN4O3.C5H8/c1-19-17(24)14-6-12(4-11-5-13(7-18)25-15(11)14)16(23)20-3-2-10-8-21-22-9-10;1-3-5-4-2/h4,6,8-9,13H,2-3,5,7H2,1H3,(H,19,24)(H,20,23)(H,21,22);3-5H,1H2,2H3/b;5-4-. The van der Waals surface area contributed by atoms with Crippen molar-refractivity contribution in [3.8, 4) is 5.75 Å². The molecule has 2 amide bonds. The van der Waals surface area contributed by atoms with Crippen LogP contribution in [0.1, 0.15) is 38.8 Å². The minimum Gasteiger partial charge on any atom is -0.486 e. The number of fused-ring (bicyclic) bond motifs is 1. The molecule has 1 aliphatic heterocycles. The van der Waals surface area contributed by atoms with Crippen LogP contribution in [0, 0.1) is 0 Å². The monoisotopic (exact) mass is 414 g/mol. The lowest BCUT2D eigenvalue weighted by atomic mass is 10.0. The normalized spacial score (nSPS) is 14.3. The van der Waals surface area contributed by atoms with E-state index in [2.05, 4.69) is 27.4 Å². The Morgan fingerprint density at radius 2 is 2.20 bits per heavy atom. The van der Waals surface area contributed by atoms with Crippen molar-refractivity contribution >= 4 is 11.8 Å². The van der Waals surface area contributed by atoms with Crippen molar-refractivity contribution in [1.29, 1.82) is 0 Å². The Kier molecular flexibility index (Phi) is 8.80. The number of carbonyl (C=O) groups is 2. The van der Waals surface area contributed by atoms with Gasteiger partial charge in [0, 0.05) is 31.8 Å². The van der Waals surface area contributed by atoms with E-state index in [1.807, 2.05) is 19.1 Å². The number of amides is 2. The van der Waals surface area contributed by atoms with Crippen LogP contribution in [0.2, 0.25) is 0 Å². The number of rotatable bonds is 7. The van der Waals surface area contributed by atoms with E-state index in [-0.39, 0.29) is 17.4 Å². The summed E-state index contributed by atoms with van der Waals surface area (Å²) in [6.07, 6.45) is 9.40. The van der Waals surface area contributed by atoms with Gasteiger partial charge in [-0.2, -0.15) is 5.10 Å². The fourth-order valence-corrected chi connectivity index (χ4v) is 2.93. The maximum Gasteiger partial charge on any atom is 0.254 e. The van der Waals surface area contributed by atoms with Crippen LogP contribution in [0.5, 0.6) is 5.75 Å². The lowest BCUT2D eigenvalue weighted by Crippen LogP contribution is -2.26. The van der Waals surface area contributed by atoms with Crippen LogP contribution in [0.4, 0.5) is 4.39 Å². The highest BCUT2D eigenvalue weighted by Gasteiger charge is 2.29. The SMILES string of the molecule is C=C/C=C\C.CNC(=O)c1cc(C(=O)NCCc2cn[nH]c2)cc2c1OC(CF)C2. The number of hydrogen-bond donors (Lipinski definition) is 3. The molecule has 3 N–H and O–H groups in total. The van der Waals surface area contributed by atoms with Gasteiger partial charge >= 0.3 is 0 Å². The van der Waals surface area contributed by atoms with Crippen LogP contribution in [0.25, 0.3) is 0 Å². The smallest absolute Gasteiger partial charge is 0.254 e. The number of ether oxygens (including phenoxy) is 1. The van der Waals surface area contributed by atoms with Crippen molar-refractivity contribution in [3.05, 3.63) is 71.6 Å². The van der Waals surface area contributed by atoms with E-state index < -0.39 is 12.8 Å². The van der Waals surface area contributed by atoms with Gasteiger partial charge in [-0.25, -0.2) is 4.39 Å². The summed E-state index contributed by atoms with van der Waals surface area (Å²) < 4.78 is 18.4. The number of H-pyrrole nitrogens is 1. The third kappa shape index (κ3) is 6.04. The molecular formula is C22H27FN4O3. The molecule has 0 aliphatic carbocycles. The minimum atomic E-state index is -0.645. The van der Waals surface area contributed by atoms with Crippen LogP contribution in [-0.2, 0) is 12.8 Å². The predicted molar refractivity (Wildman–Crippen MR) is 114 cm³/mol. The summed E-state index contributed by atoms with van der Waals surface area (Å²) in [4.78, 5) is 24.5. The van der Waals surface area contributed by atoms with Crippen LogP contribution in [-0.4, -0.2) is 48.4 Å². The van der Waals surface area contributed by atoms with E-state index in [4.69, 9.17) is 4.74 Å². The number of halogens is 1. The summed E-state index contributed by atoms with van der Waals surface area (Å²) in [6.45, 7) is 5.22. The summed E-state index contributed by atoms with van der Waals surface area (Å²) >= 11 is 0. The highest BCUT2D eigenvalue weighted by Crippen LogP contribution is 2.34. The fourth-order valence-electron chi connectivity index (χ4n) is 2.93. The first-order valence-electron chi connectivity index (χ1n) is 9.65. The zero-order chi connectivity index (χ0) is 21.9. The summed E-state index contributed by atoms with van der Waals surface area (Å²) in [6, 6.07) is 3.13. The molecule has 3 rings (SSSR count). The van der Waals surface area contributed by atoms with Crippen LogP contribution in [0.3, 0.4) is 0 Å². The van der Waals surface area contributed by atoms with Gasteiger partial charge < -0.3 is 15.4 Å². The fraction of sp³-hybridized carbons (Fsp3) is 0.318. The number of nitrogens with zero attached hydrogens (tertiary/aromatic N) is 1. The molecule has 1 aromatic carbocycles. The molecule has 0 radical (unpaired) electrons. The summed E-state index contributed by atoms with van der Waals surface area (Å²) in [7, 11) is 1.49. The first kappa shape index (κ1) is 22.9. The predicted octanol–water partition coefficient (Wildman–Crippen LogP) is 2.76. The molecule has 0 saturated heterocycles. The Balaban J connectivity index is 0.000000575. The number of aromatic nitrogens is 2. The molecule has 0 fully saturated rings. The van der Waals surface area contributed by atoms with E-state index in [0.29, 0.717) is 36.3 Å². The molecule has 30 heavy (non-hydrogen) atoms. The number of benzene rings is 1. The average molecular weight is 414 g/mol. The molecule has 1 unspecified atom stereocenters. The van der Waals surface area contributed by atoms with Gasteiger partial charge in [-0.1, -0.05) is 24.8 Å². The quantitative estimate of drug-likeness (QED) is 0.607. The first-order chi connectivity index (χ1) is 14.5. The molecule has 8 heteroatoms. The molecule has 1 atom stereocenters. The maximum absolute atomic E-state index is 12.9. The number of nitrogens with one attached hydrogen (secondary N) is 3. The Bertz CT molecular complexity index is 894. The van der Waals surface area contributed by atoms with E-state index in [1.165, 1.54) is 13.1 Å². The van der Waals surface area contributed by atoms with Crippen molar-refractivity contribution in [3.63, 3.8) is 0 Å². The third-order valence-corrected chi connectivity index (χ3v) is 4.39. The first-order valence-corrected chi connectivity index (χ1v) is 9.65. The van der Waals surface area contributed by atoms with Crippen molar-refractivity contribution in [2.45, 2.75) is 25.9 Å². The Morgan fingerprint density at radius 3 is 2.77 bits per heavy atom. The molecule has 0 bridgehead atoms. The van der Waals surface area contributed by atoms with Crippen molar-refractivity contribution < 1.29 is 18.7 Å². The molecular weight excluding hydrogens is 387 g/mol. The summed E-state index contributed by atoms with van der Waals surface area (Å²) in [5.74, 6) is -0.305. The van der Waals surface area contributed by atoms with Gasteiger partial charge in [0.05, 0.1) is 11.8 Å². The van der Waals surface area contributed by atoms with Gasteiger partial charge in [0.2, 0.25) is 0 Å². The number of allylic oxidation sites excluding steroid dienone is 3.